The Hall–Kier alpha value is 0.230. The maximum atomic E-state index is 8.57. The predicted molar refractivity (Wildman–Crippen MR) is 69.6 cm³/mol. The van der Waals surface area contributed by atoms with Gasteiger partial charge >= 0.3 is 0 Å². The van der Waals surface area contributed by atoms with Crippen molar-refractivity contribution in [3.8, 4) is 0 Å². The summed E-state index contributed by atoms with van der Waals surface area (Å²) in [7, 11) is 5.28. The van der Waals surface area contributed by atoms with Crippen LogP contribution in [0.5, 0.6) is 0 Å². The molecular weight excluding hydrogens is 232 g/mol. The Bertz CT molecular complexity index is 248. The Kier molecular flexibility index (Phi) is 6.60. The smallest absolute Gasteiger partial charge is 0.0530 e. The van der Waals surface area contributed by atoms with Crippen LogP contribution in [0.1, 0.15) is 11.1 Å². The topological polar surface area (TPSA) is 20.2 Å². The fourth-order valence-electron chi connectivity index (χ4n) is 0.882. The van der Waals surface area contributed by atoms with E-state index in [2.05, 4.69) is 31.2 Å². The van der Waals surface area contributed by atoms with Crippen LogP contribution in [0.2, 0.25) is 0 Å². The second-order valence-electron chi connectivity index (χ2n) is 2.86. The second kappa shape index (κ2) is 7.51. The fourth-order valence-corrected chi connectivity index (χ4v) is 4.31. The van der Waals surface area contributed by atoms with Gasteiger partial charge in [0.25, 0.3) is 0 Å². The zero-order chi connectivity index (χ0) is 10.2. The number of aliphatic hydroxyl groups is 1. The zero-order valence-corrected chi connectivity index (χ0v) is 10.6. The van der Waals surface area contributed by atoms with Gasteiger partial charge in [-0.05, 0) is 22.3 Å². The molecule has 78 valence electrons. The molecule has 1 aromatic carbocycles. The lowest BCUT2D eigenvalue weighted by atomic mass is 10.2. The van der Waals surface area contributed by atoms with Crippen molar-refractivity contribution in [1.82, 2.24) is 0 Å². The highest BCUT2D eigenvalue weighted by Gasteiger charge is 1.94. The van der Waals surface area contributed by atoms with E-state index < -0.39 is 0 Å². The van der Waals surface area contributed by atoms with Crippen molar-refractivity contribution in [2.75, 3.05) is 12.4 Å². The molecule has 0 unspecified atom stereocenters. The average Bonchev–Trinajstić information content (AvgIpc) is 2.21. The van der Waals surface area contributed by atoms with Crippen LogP contribution >= 0.6 is 31.4 Å². The van der Waals surface area contributed by atoms with Crippen molar-refractivity contribution in [2.24, 2.45) is 0 Å². The monoisotopic (exact) mass is 246 g/mol. The van der Waals surface area contributed by atoms with Gasteiger partial charge in [0, 0.05) is 11.5 Å². The highest BCUT2D eigenvalue weighted by Crippen LogP contribution is 2.36. The first-order chi connectivity index (χ1) is 6.83. The van der Waals surface area contributed by atoms with Gasteiger partial charge in [-0.2, -0.15) is 0 Å². The van der Waals surface area contributed by atoms with Crippen LogP contribution < -0.4 is 0 Å². The normalized spacial score (nSPS) is 10.4. The van der Waals surface area contributed by atoms with E-state index in [0.29, 0.717) is 0 Å². The number of aliphatic hydroxyl groups excluding tert-OH is 1. The van der Waals surface area contributed by atoms with E-state index in [9.17, 15) is 0 Å². The van der Waals surface area contributed by atoms with E-state index in [1.54, 1.807) is 20.6 Å². The van der Waals surface area contributed by atoms with Gasteiger partial charge < -0.3 is 5.11 Å². The van der Waals surface area contributed by atoms with Crippen LogP contribution in [0.4, 0.5) is 0 Å². The summed E-state index contributed by atoms with van der Waals surface area (Å²) >= 11 is 0. The molecule has 0 aromatic heterocycles. The second-order valence-corrected chi connectivity index (χ2v) is 7.21. The molecule has 0 aliphatic rings. The van der Waals surface area contributed by atoms with Gasteiger partial charge in [-0.3, -0.25) is 0 Å². The Morgan fingerprint density at radius 1 is 1.14 bits per heavy atom. The molecule has 1 N–H and O–H groups in total. The van der Waals surface area contributed by atoms with Crippen LogP contribution in [0.15, 0.2) is 24.3 Å². The van der Waals surface area contributed by atoms with Gasteiger partial charge in [0.05, 0.1) is 6.61 Å². The molecule has 1 rings (SSSR count). The molecule has 0 spiro atoms. The minimum absolute atomic E-state index is 0.267. The number of benzene rings is 1. The highest BCUT2D eigenvalue weighted by molar-refractivity contribution is 9.09. The van der Waals surface area contributed by atoms with Crippen molar-refractivity contribution >= 4 is 31.4 Å². The first kappa shape index (κ1) is 12.3. The molecule has 0 fully saturated rings. The number of rotatable bonds is 6. The standard InChI is InChI=1S/C10H14OS3/c1-9-2-4-10(5-3-9)8-13-14-12-7-6-11/h2-5,11H,6-8H2,1H3. The molecular formula is C10H14OS3. The summed E-state index contributed by atoms with van der Waals surface area (Å²) in [6.07, 6.45) is 0. The number of hydrogen-bond donors (Lipinski definition) is 1. The molecule has 14 heavy (non-hydrogen) atoms. The van der Waals surface area contributed by atoms with Gasteiger partial charge in [-0.15, -0.1) is 0 Å². The Labute approximate surface area is 96.9 Å². The molecule has 0 saturated heterocycles. The zero-order valence-electron chi connectivity index (χ0n) is 8.10. The Balaban J connectivity index is 2.15. The van der Waals surface area contributed by atoms with Gasteiger partial charge in [0.15, 0.2) is 0 Å². The predicted octanol–water partition coefficient (Wildman–Crippen LogP) is 3.52. The molecule has 0 aliphatic carbocycles. The molecule has 1 nitrogen and oxygen atoms in total. The summed E-state index contributed by atoms with van der Waals surface area (Å²) in [5.74, 6) is 1.84. The third kappa shape index (κ3) is 5.20. The third-order valence-corrected chi connectivity index (χ3v) is 5.77. The van der Waals surface area contributed by atoms with Gasteiger partial charge in [0.1, 0.15) is 0 Å². The molecule has 0 bridgehead atoms. The van der Waals surface area contributed by atoms with E-state index in [-0.39, 0.29) is 6.61 Å². The van der Waals surface area contributed by atoms with Crippen LogP contribution in [0.3, 0.4) is 0 Å². The molecule has 1 aromatic rings. The minimum Gasteiger partial charge on any atom is -0.395 e. The SMILES string of the molecule is Cc1ccc(CSSSCCO)cc1. The molecule has 0 atom stereocenters. The molecule has 0 amide bonds. The molecule has 0 saturated carbocycles. The summed E-state index contributed by atoms with van der Waals surface area (Å²) in [6.45, 7) is 2.37. The van der Waals surface area contributed by atoms with Crippen molar-refractivity contribution in [1.29, 1.82) is 0 Å². The third-order valence-electron chi connectivity index (χ3n) is 1.62. The lowest BCUT2D eigenvalue weighted by Gasteiger charge is -2.00. The molecule has 4 heteroatoms. The van der Waals surface area contributed by atoms with Crippen molar-refractivity contribution in [3.63, 3.8) is 0 Å². The van der Waals surface area contributed by atoms with Crippen molar-refractivity contribution in [2.45, 2.75) is 12.7 Å². The minimum atomic E-state index is 0.267. The van der Waals surface area contributed by atoms with Gasteiger partial charge in [-0.25, -0.2) is 0 Å². The van der Waals surface area contributed by atoms with Crippen molar-refractivity contribution in [3.05, 3.63) is 35.4 Å². The van der Waals surface area contributed by atoms with Crippen molar-refractivity contribution < 1.29 is 5.11 Å². The lowest BCUT2D eigenvalue weighted by molar-refractivity contribution is 0.323. The van der Waals surface area contributed by atoms with E-state index in [0.717, 1.165) is 11.5 Å². The van der Waals surface area contributed by atoms with E-state index >= 15 is 0 Å². The maximum absolute atomic E-state index is 8.57. The largest absolute Gasteiger partial charge is 0.395 e. The van der Waals surface area contributed by atoms with Crippen LogP contribution in [0.25, 0.3) is 0 Å². The quantitative estimate of drug-likeness (QED) is 0.612. The van der Waals surface area contributed by atoms with E-state index in [1.165, 1.54) is 11.1 Å². The molecule has 0 aliphatic heterocycles. The summed E-state index contributed by atoms with van der Waals surface area (Å²) in [5.41, 5.74) is 2.67. The van der Waals surface area contributed by atoms with E-state index in [4.69, 9.17) is 5.11 Å². The Morgan fingerprint density at radius 3 is 2.50 bits per heavy atom. The molecule has 0 radical (unpaired) electrons. The molecule has 0 heterocycles. The number of hydrogen-bond acceptors (Lipinski definition) is 4. The first-order valence-electron chi connectivity index (χ1n) is 4.40. The Morgan fingerprint density at radius 2 is 1.86 bits per heavy atom. The summed E-state index contributed by atoms with van der Waals surface area (Å²) in [4.78, 5) is 0. The van der Waals surface area contributed by atoms with E-state index in [1.807, 2.05) is 10.8 Å². The first-order valence-corrected chi connectivity index (χ1v) is 8.22. The fraction of sp³-hybridized carbons (Fsp3) is 0.400. The highest BCUT2D eigenvalue weighted by atomic mass is 33.5. The van der Waals surface area contributed by atoms with Crippen LogP contribution in [-0.4, -0.2) is 17.5 Å². The summed E-state index contributed by atoms with van der Waals surface area (Å²) < 4.78 is 0. The van der Waals surface area contributed by atoms with Crippen LogP contribution in [-0.2, 0) is 5.75 Å². The summed E-state index contributed by atoms with van der Waals surface area (Å²) in [6, 6.07) is 8.61. The van der Waals surface area contributed by atoms with Crippen LogP contribution in [0, 0.1) is 6.92 Å². The van der Waals surface area contributed by atoms with Gasteiger partial charge in [-0.1, -0.05) is 51.4 Å². The van der Waals surface area contributed by atoms with Gasteiger partial charge in [0.2, 0.25) is 0 Å². The average molecular weight is 246 g/mol. The maximum Gasteiger partial charge on any atom is 0.0530 e. The summed E-state index contributed by atoms with van der Waals surface area (Å²) in [5, 5.41) is 8.57. The lowest BCUT2D eigenvalue weighted by Crippen LogP contribution is -1.81. The number of aryl methyl sites for hydroxylation is 1.